The molecule has 3 N–H and O–H groups in total. The maximum absolute atomic E-state index is 13.3. The highest BCUT2D eigenvalue weighted by molar-refractivity contribution is 5.93. The van der Waals surface area contributed by atoms with Gasteiger partial charge in [0.1, 0.15) is 35.7 Å². The summed E-state index contributed by atoms with van der Waals surface area (Å²) in [6, 6.07) is 24.5. The van der Waals surface area contributed by atoms with E-state index in [1.807, 2.05) is 92.7 Å². The van der Waals surface area contributed by atoms with E-state index in [1.165, 1.54) is 10.8 Å². The zero-order chi connectivity index (χ0) is 38.8. The van der Waals surface area contributed by atoms with E-state index in [2.05, 4.69) is 9.88 Å². The molecule has 1 amide bonds. The Morgan fingerprint density at radius 2 is 1.44 bits per heavy atom. The number of amides is 1. The van der Waals surface area contributed by atoms with Gasteiger partial charge in [-0.2, -0.15) is 0 Å². The smallest absolute Gasteiger partial charge is 0.330 e. The van der Waals surface area contributed by atoms with E-state index in [-0.39, 0.29) is 18.8 Å². The van der Waals surface area contributed by atoms with Gasteiger partial charge in [0.05, 0.1) is 27.4 Å². The summed E-state index contributed by atoms with van der Waals surface area (Å²) in [4.78, 5) is 55.1. The number of aryl methyl sites for hydroxylation is 1. The Morgan fingerprint density at radius 3 is 1.98 bits per heavy atom. The molecule has 0 spiro atoms. The summed E-state index contributed by atoms with van der Waals surface area (Å²) in [6.07, 6.45) is -3.78. The minimum absolute atomic E-state index is 0.187. The molecule has 5 rings (SSSR count). The van der Waals surface area contributed by atoms with Gasteiger partial charge in [0.2, 0.25) is 5.91 Å². The molecular formula is C40H48N4O10. The fraction of sp³-hybridized carbons (Fsp3) is 0.400. The molecule has 14 heteroatoms. The number of nitrogens with one attached hydrogen (secondary N) is 1. The van der Waals surface area contributed by atoms with Gasteiger partial charge in [-0.15, -0.1) is 0 Å². The van der Waals surface area contributed by atoms with Crippen molar-refractivity contribution in [3.63, 3.8) is 0 Å². The van der Waals surface area contributed by atoms with Crippen LogP contribution in [0.5, 0.6) is 11.5 Å². The topological polar surface area (TPSA) is 174 Å². The summed E-state index contributed by atoms with van der Waals surface area (Å²) in [5.74, 6) is -0.490. The summed E-state index contributed by atoms with van der Waals surface area (Å²) in [5.41, 5.74) is 5.33. The fourth-order valence-electron chi connectivity index (χ4n) is 6.64. The van der Waals surface area contributed by atoms with Crippen molar-refractivity contribution in [3.05, 3.63) is 128 Å². The Kier molecular flexibility index (Phi) is 13.4. The third-order valence-electron chi connectivity index (χ3n) is 9.54. The van der Waals surface area contributed by atoms with Crippen LogP contribution in [0, 0.1) is 6.92 Å². The van der Waals surface area contributed by atoms with Gasteiger partial charge in [0.25, 0.3) is 5.56 Å². The van der Waals surface area contributed by atoms with Crippen LogP contribution >= 0.6 is 0 Å². The van der Waals surface area contributed by atoms with Gasteiger partial charge in [-0.1, -0.05) is 68.4 Å². The second-order valence-corrected chi connectivity index (χ2v) is 12.8. The van der Waals surface area contributed by atoms with Gasteiger partial charge in [0.15, 0.2) is 12.3 Å². The lowest BCUT2D eigenvalue weighted by Crippen LogP contribution is -2.44. The molecule has 4 atom stereocenters. The number of hydrogen-bond acceptors (Lipinski definition) is 11. The molecule has 14 nitrogen and oxygen atoms in total. The van der Waals surface area contributed by atoms with Crippen LogP contribution in [-0.4, -0.2) is 91.7 Å². The summed E-state index contributed by atoms with van der Waals surface area (Å²) >= 11 is 0. The SMILES string of the molecule is CCN(CC)CCO[C@@H]1[C@H](OC(=O)CC(N)=O)[C@@H](COC(c2ccccc2)(c2ccc(OC)cc2)c2ccc(OC)cc2)O[C@H]1n1cc(C)c(=O)[nH]c1=O. The van der Waals surface area contributed by atoms with Crippen molar-refractivity contribution < 1.29 is 38.0 Å². The molecule has 54 heavy (non-hydrogen) atoms. The molecule has 0 aliphatic carbocycles. The van der Waals surface area contributed by atoms with E-state index in [0.717, 1.165) is 29.8 Å². The number of ether oxygens (including phenoxy) is 6. The van der Waals surface area contributed by atoms with Gasteiger partial charge in [-0.3, -0.25) is 23.9 Å². The van der Waals surface area contributed by atoms with E-state index < -0.39 is 59.7 Å². The molecule has 3 aromatic carbocycles. The average Bonchev–Trinajstić information content (AvgIpc) is 3.51. The van der Waals surface area contributed by atoms with Crippen LogP contribution in [0.1, 0.15) is 48.8 Å². The zero-order valence-electron chi connectivity index (χ0n) is 31.2. The third-order valence-corrected chi connectivity index (χ3v) is 9.54. The normalized spacial score (nSPS) is 18.4. The van der Waals surface area contributed by atoms with Gasteiger partial charge in [-0.25, -0.2) is 4.79 Å². The van der Waals surface area contributed by atoms with Crippen molar-refractivity contribution in [2.24, 2.45) is 5.73 Å². The predicted molar refractivity (Wildman–Crippen MR) is 199 cm³/mol. The van der Waals surface area contributed by atoms with E-state index in [1.54, 1.807) is 21.1 Å². The van der Waals surface area contributed by atoms with Crippen molar-refractivity contribution in [3.8, 4) is 11.5 Å². The molecule has 1 aliphatic heterocycles. The van der Waals surface area contributed by atoms with Gasteiger partial charge in [0, 0.05) is 18.3 Å². The van der Waals surface area contributed by atoms with Crippen LogP contribution in [0.25, 0.3) is 0 Å². The molecule has 0 bridgehead atoms. The molecule has 0 saturated carbocycles. The Bertz CT molecular complexity index is 1910. The second kappa shape index (κ2) is 18.2. The number of aromatic amines is 1. The number of primary amides is 1. The number of benzene rings is 3. The van der Waals surface area contributed by atoms with Gasteiger partial charge < -0.3 is 39.1 Å². The van der Waals surface area contributed by atoms with Gasteiger partial charge >= 0.3 is 11.7 Å². The molecule has 1 fully saturated rings. The van der Waals surface area contributed by atoms with Crippen LogP contribution < -0.4 is 26.5 Å². The zero-order valence-corrected chi connectivity index (χ0v) is 31.2. The number of H-pyrrole nitrogens is 1. The first-order chi connectivity index (χ1) is 26.0. The Hall–Kier alpha value is -5.28. The van der Waals surface area contributed by atoms with Crippen LogP contribution in [0.2, 0.25) is 0 Å². The number of nitrogens with zero attached hydrogens (tertiary/aromatic N) is 2. The van der Waals surface area contributed by atoms with Crippen LogP contribution in [0.3, 0.4) is 0 Å². The van der Waals surface area contributed by atoms with Gasteiger partial charge in [-0.05, 0) is 61.0 Å². The Balaban J connectivity index is 1.63. The molecule has 2 heterocycles. The second-order valence-electron chi connectivity index (χ2n) is 12.8. The molecule has 1 aromatic heterocycles. The molecule has 0 unspecified atom stereocenters. The minimum atomic E-state index is -1.27. The van der Waals surface area contributed by atoms with Crippen LogP contribution in [0.4, 0.5) is 0 Å². The first-order valence-electron chi connectivity index (χ1n) is 17.8. The van der Waals surface area contributed by atoms with Crippen molar-refractivity contribution in [2.45, 2.75) is 57.3 Å². The maximum atomic E-state index is 13.3. The number of carbonyl (C=O) groups is 2. The Labute approximate surface area is 313 Å². The highest BCUT2D eigenvalue weighted by atomic mass is 16.6. The molecule has 288 valence electrons. The monoisotopic (exact) mass is 744 g/mol. The summed E-state index contributed by atoms with van der Waals surface area (Å²) in [5, 5.41) is 0. The standard InChI is InChI=1S/C40H48N4O10/c1-6-43(7-2)21-22-51-36-35(54-34(46)23-33(41)45)32(53-38(36)44-24-26(3)37(47)42-39(44)48)25-52-40(27-11-9-8-10-12-27,28-13-17-30(49-4)18-14-28)29-15-19-31(50-5)20-16-29/h8-20,24,32,35-36,38H,6-7,21-23,25H2,1-5H3,(H2,41,45)(H,42,47,48)/t32-,35-,36-,38-/m1/s1. The molecular weight excluding hydrogens is 696 g/mol. The number of hydrogen-bond donors (Lipinski definition) is 2. The van der Waals surface area contributed by atoms with Crippen molar-refractivity contribution in [1.82, 2.24) is 14.5 Å². The number of likely N-dealkylation sites (N-methyl/N-ethyl adjacent to an activating group) is 1. The first-order valence-corrected chi connectivity index (χ1v) is 17.8. The molecule has 4 aromatic rings. The van der Waals surface area contributed by atoms with Crippen molar-refractivity contribution in [2.75, 3.05) is 47.1 Å². The Morgan fingerprint density at radius 1 is 0.870 bits per heavy atom. The first kappa shape index (κ1) is 39.9. The molecule has 1 aliphatic rings. The molecule has 1 saturated heterocycles. The van der Waals surface area contributed by atoms with E-state index in [4.69, 9.17) is 34.2 Å². The summed E-state index contributed by atoms with van der Waals surface area (Å²) < 4.78 is 38.2. The lowest BCUT2D eigenvalue weighted by atomic mass is 9.80. The third kappa shape index (κ3) is 8.91. The lowest BCUT2D eigenvalue weighted by Gasteiger charge is -2.37. The summed E-state index contributed by atoms with van der Waals surface area (Å²) in [7, 11) is 3.17. The van der Waals surface area contributed by atoms with E-state index >= 15 is 0 Å². The number of aromatic nitrogens is 2. The highest BCUT2D eigenvalue weighted by Gasteiger charge is 2.51. The minimum Gasteiger partial charge on any atom is -0.497 e. The van der Waals surface area contributed by atoms with Crippen LogP contribution in [0.15, 0.2) is 94.6 Å². The number of rotatable bonds is 18. The number of carbonyl (C=O) groups excluding carboxylic acids is 2. The highest BCUT2D eigenvalue weighted by Crippen LogP contribution is 2.43. The lowest BCUT2D eigenvalue weighted by molar-refractivity contribution is -0.161. The van der Waals surface area contributed by atoms with Crippen molar-refractivity contribution in [1.29, 1.82) is 0 Å². The van der Waals surface area contributed by atoms with E-state index in [0.29, 0.717) is 18.0 Å². The van der Waals surface area contributed by atoms with E-state index in [9.17, 15) is 19.2 Å². The van der Waals surface area contributed by atoms with Crippen LogP contribution in [-0.2, 0) is 34.1 Å². The summed E-state index contributed by atoms with van der Waals surface area (Å²) in [6.45, 7) is 7.68. The quantitative estimate of drug-likeness (QED) is 0.0870. The number of nitrogens with two attached hydrogens (primary N) is 1. The number of methoxy groups -OCH3 is 2. The number of esters is 1. The maximum Gasteiger partial charge on any atom is 0.330 e. The van der Waals surface area contributed by atoms with Crippen molar-refractivity contribution >= 4 is 11.9 Å². The average molecular weight is 745 g/mol. The largest absolute Gasteiger partial charge is 0.497 e. The fourth-order valence-corrected chi connectivity index (χ4v) is 6.64. The molecule has 0 radical (unpaired) electrons. The predicted octanol–water partition coefficient (Wildman–Crippen LogP) is 3.28.